The standard InChI is InChI=1S/C21H39NO6/c22-18-14-10-6-2-1-3-8-12-16-20(25)27-28-21(26)17-13-9-5-4-7-11-15-19(23)24/h1-18,22H2,(H,23,24). The van der Waals surface area contributed by atoms with E-state index in [0.717, 1.165) is 57.9 Å². The van der Waals surface area contributed by atoms with Gasteiger partial charge in [-0.05, 0) is 32.2 Å². The zero-order valence-electron chi connectivity index (χ0n) is 17.3. The highest BCUT2D eigenvalue weighted by Crippen LogP contribution is 2.11. The highest BCUT2D eigenvalue weighted by Gasteiger charge is 2.09. The van der Waals surface area contributed by atoms with Crippen molar-refractivity contribution in [3.05, 3.63) is 0 Å². The number of carbonyl (C=O) groups is 3. The van der Waals surface area contributed by atoms with Gasteiger partial charge in [0.1, 0.15) is 0 Å². The van der Waals surface area contributed by atoms with E-state index in [-0.39, 0.29) is 19.3 Å². The lowest BCUT2D eigenvalue weighted by molar-refractivity contribution is -0.259. The predicted molar refractivity (Wildman–Crippen MR) is 107 cm³/mol. The molecule has 0 heterocycles. The zero-order valence-corrected chi connectivity index (χ0v) is 17.3. The number of carboxylic acids is 1. The van der Waals surface area contributed by atoms with E-state index in [4.69, 9.17) is 10.8 Å². The Hall–Kier alpha value is -1.63. The van der Waals surface area contributed by atoms with Crippen molar-refractivity contribution in [1.82, 2.24) is 0 Å². The minimum atomic E-state index is -0.758. The first-order valence-electron chi connectivity index (χ1n) is 10.9. The summed E-state index contributed by atoms with van der Waals surface area (Å²) in [6.45, 7) is 0.767. The van der Waals surface area contributed by atoms with Crippen LogP contribution < -0.4 is 5.73 Å². The highest BCUT2D eigenvalue weighted by atomic mass is 17.2. The van der Waals surface area contributed by atoms with Gasteiger partial charge in [-0.15, -0.1) is 0 Å². The van der Waals surface area contributed by atoms with Gasteiger partial charge in [-0.1, -0.05) is 64.2 Å². The van der Waals surface area contributed by atoms with E-state index >= 15 is 0 Å². The lowest BCUT2D eigenvalue weighted by atomic mass is 10.1. The van der Waals surface area contributed by atoms with E-state index in [2.05, 4.69) is 9.78 Å². The summed E-state index contributed by atoms with van der Waals surface area (Å²) >= 11 is 0. The Morgan fingerprint density at radius 2 is 0.857 bits per heavy atom. The van der Waals surface area contributed by atoms with Crippen LogP contribution in [0.1, 0.15) is 109 Å². The van der Waals surface area contributed by atoms with Gasteiger partial charge >= 0.3 is 17.9 Å². The molecule has 0 radical (unpaired) electrons. The minimum Gasteiger partial charge on any atom is -0.481 e. The van der Waals surface area contributed by atoms with E-state index in [0.29, 0.717) is 12.8 Å². The molecule has 0 aliphatic heterocycles. The van der Waals surface area contributed by atoms with Gasteiger partial charge in [-0.2, -0.15) is 0 Å². The molecule has 0 bridgehead atoms. The van der Waals surface area contributed by atoms with Crippen molar-refractivity contribution in [3.8, 4) is 0 Å². The van der Waals surface area contributed by atoms with Crippen molar-refractivity contribution in [1.29, 1.82) is 0 Å². The Bertz CT molecular complexity index is 414. The topological polar surface area (TPSA) is 116 Å². The first kappa shape index (κ1) is 26.4. The third-order valence-electron chi connectivity index (χ3n) is 4.58. The monoisotopic (exact) mass is 401 g/mol. The Balaban J connectivity index is 3.35. The second-order valence-corrected chi connectivity index (χ2v) is 7.29. The SMILES string of the molecule is NCCCCCCCCCCC(=O)OOC(=O)CCCCCCCCC(=O)O. The summed E-state index contributed by atoms with van der Waals surface area (Å²) in [7, 11) is 0. The summed E-state index contributed by atoms with van der Waals surface area (Å²) in [6, 6.07) is 0. The highest BCUT2D eigenvalue weighted by molar-refractivity contribution is 5.72. The molecule has 3 N–H and O–H groups in total. The van der Waals surface area contributed by atoms with Crippen LogP contribution in [0.2, 0.25) is 0 Å². The summed E-state index contributed by atoms with van der Waals surface area (Å²) in [5.41, 5.74) is 5.45. The maximum atomic E-state index is 11.5. The molecule has 7 heteroatoms. The second kappa shape index (κ2) is 20.1. The molecular formula is C21H39NO6. The smallest absolute Gasteiger partial charge is 0.355 e. The quantitative estimate of drug-likeness (QED) is 0.184. The van der Waals surface area contributed by atoms with Gasteiger partial charge in [-0.3, -0.25) is 4.79 Å². The Labute approximate surface area is 169 Å². The van der Waals surface area contributed by atoms with Gasteiger partial charge in [0.15, 0.2) is 0 Å². The lowest BCUT2D eigenvalue weighted by Gasteiger charge is -2.04. The number of rotatable bonds is 19. The van der Waals surface area contributed by atoms with Crippen LogP contribution in [0.4, 0.5) is 0 Å². The van der Waals surface area contributed by atoms with E-state index in [1.165, 1.54) is 25.7 Å². The van der Waals surface area contributed by atoms with Crippen LogP contribution in [-0.2, 0) is 24.2 Å². The number of hydrogen-bond acceptors (Lipinski definition) is 6. The number of carboxylic acid groups (broad SMARTS) is 1. The average Bonchev–Trinajstić information content (AvgIpc) is 2.66. The fourth-order valence-electron chi connectivity index (χ4n) is 2.90. The van der Waals surface area contributed by atoms with Crippen molar-refractivity contribution in [2.24, 2.45) is 5.73 Å². The molecule has 0 unspecified atom stereocenters. The number of unbranched alkanes of at least 4 members (excludes halogenated alkanes) is 12. The van der Waals surface area contributed by atoms with Crippen LogP contribution in [0, 0.1) is 0 Å². The van der Waals surface area contributed by atoms with Crippen molar-refractivity contribution in [2.45, 2.75) is 109 Å². The lowest BCUT2D eigenvalue weighted by Crippen LogP contribution is -2.11. The summed E-state index contributed by atoms with van der Waals surface area (Å²) < 4.78 is 0. The molecule has 0 fully saturated rings. The van der Waals surface area contributed by atoms with Gasteiger partial charge < -0.3 is 10.8 Å². The number of aliphatic carboxylic acids is 1. The zero-order chi connectivity index (χ0) is 20.9. The summed E-state index contributed by atoms with van der Waals surface area (Å²) in [4.78, 5) is 42.5. The molecule has 0 saturated heterocycles. The molecule has 0 saturated carbocycles. The summed E-state index contributed by atoms with van der Waals surface area (Å²) in [5, 5.41) is 8.53. The molecule has 28 heavy (non-hydrogen) atoms. The van der Waals surface area contributed by atoms with Crippen LogP contribution in [0.5, 0.6) is 0 Å². The van der Waals surface area contributed by atoms with Crippen molar-refractivity contribution < 1.29 is 29.3 Å². The van der Waals surface area contributed by atoms with Gasteiger partial charge in [0.25, 0.3) is 0 Å². The molecule has 0 rings (SSSR count). The Morgan fingerprint density at radius 1 is 0.536 bits per heavy atom. The van der Waals surface area contributed by atoms with Crippen molar-refractivity contribution in [2.75, 3.05) is 6.54 Å². The predicted octanol–water partition coefficient (Wildman–Crippen LogP) is 4.66. The third-order valence-corrected chi connectivity index (χ3v) is 4.58. The maximum absolute atomic E-state index is 11.5. The van der Waals surface area contributed by atoms with Crippen LogP contribution >= 0.6 is 0 Å². The fourth-order valence-corrected chi connectivity index (χ4v) is 2.90. The van der Waals surface area contributed by atoms with Crippen LogP contribution in [0.25, 0.3) is 0 Å². The fraction of sp³-hybridized carbons (Fsp3) is 0.857. The average molecular weight is 402 g/mol. The van der Waals surface area contributed by atoms with Crippen molar-refractivity contribution in [3.63, 3.8) is 0 Å². The number of nitrogens with two attached hydrogens (primary N) is 1. The van der Waals surface area contributed by atoms with E-state index in [1.54, 1.807) is 0 Å². The Kier molecular flexibility index (Phi) is 18.9. The molecule has 0 aliphatic carbocycles. The molecule has 0 aromatic heterocycles. The summed E-state index contributed by atoms with van der Waals surface area (Å²) in [6.07, 6.45) is 14.5. The molecule has 0 atom stereocenters. The van der Waals surface area contributed by atoms with Gasteiger partial charge in [0.05, 0.1) is 12.8 Å². The maximum Gasteiger partial charge on any atom is 0.355 e. The van der Waals surface area contributed by atoms with Crippen molar-refractivity contribution >= 4 is 17.9 Å². The molecule has 0 aromatic rings. The van der Waals surface area contributed by atoms with Gasteiger partial charge in [0.2, 0.25) is 0 Å². The molecular weight excluding hydrogens is 362 g/mol. The van der Waals surface area contributed by atoms with Crippen LogP contribution in [0.15, 0.2) is 0 Å². The van der Waals surface area contributed by atoms with Crippen LogP contribution in [0.3, 0.4) is 0 Å². The molecule has 0 aromatic carbocycles. The molecule has 0 spiro atoms. The van der Waals surface area contributed by atoms with Crippen LogP contribution in [-0.4, -0.2) is 29.6 Å². The molecule has 7 nitrogen and oxygen atoms in total. The molecule has 164 valence electrons. The van der Waals surface area contributed by atoms with Gasteiger partial charge in [0, 0.05) is 6.42 Å². The number of carbonyl (C=O) groups excluding carboxylic acids is 2. The summed E-state index contributed by atoms with van der Waals surface area (Å²) in [5.74, 6) is -1.77. The minimum absolute atomic E-state index is 0.215. The van der Waals surface area contributed by atoms with E-state index in [1.807, 2.05) is 0 Å². The Morgan fingerprint density at radius 3 is 1.21 bits per heavy atom. The normalized spacial score (nSPS) is 10.6. The first-order valence-corrected chi connectivity index (χ1v) is 10.9. The van der Waals surface area contributed by atoms with E-state index < -0.39 is 17.9 Å². The third kappa shape index (κ3) is 20.7. The first-order chi connectivity index (χ1) is 13.6. The van der Waals surface area contributed by atoms with Gasteiger partial charge in [-0.25, -0.2) is 19.4 Å². The van der Waals surface area contributed by atoms with E-state index in [9.17, 15) is 14.4 Å². The molecule has 0 aliphatic rings. The largest absolute Gasteiger partial charge is 0.481 e. The molecule has 0 amide bonds. The number of hydrogen-bond donors (Lipinski definition) is 2. The second-order valence-electron chi connectivity index (χ2n) is 7.29.